The molecule has 3 aromatic carbocycles. The van der Waals surface area contributed by atoms with Gasteiger partial charge in [0.2, 0.25) is 17.7 Å². The molecule has 5 amide bonds. The minimum Gasteiger partial charge on any atom is -0.457 e. The van der Waals surface area contributed by atoms with Crippen molar-refractivity contribution < 1.29 is 33.5 Å². The third kappa shape index (κ3) is 9.00. The molecule has 16 heteroatoms. The van der Waals surface area contributed by atoms with Gasteiger partial charge in [-0.25, -0.2) is 9.97 Å². The fraction of sp³-hybridized carbons (Fsp3) is 0.375. The van der Waals surface area contributed by atoms with E-state index in [1.165, 1.54) is 6.33 Å². The number of halogens is 1. The molecule has 4 aliphatic rings. The second-order valence-electron chi connectivity index (χ2n) is 17.0. The highest BCUT2D eigenvalue weighted by Crippen LogP contribution is 2.33. The van der Waals surface area contributed by atoms with Crippen LogP contribution in [0.15, 0.2) is 79.3 Å². The molecule has 9 rings (SSSR count). The van der Waals surface area contributed by atoms with E-state index in [4.69, 9.17) is 16.3 Å². The van der Waals surface area contributed by atoms with E-state index in [-0.39, 0.29) is 46.6 Å². The molecule has 15 nitrogen and oxygen atoms in total. The second-order valence-corrected chi connectivity index (χ2v) is 17.4. The molecule has 64 heavy (non-hydrogen) atoms. The molecule has 2 aromatic heterocycles. The molecule has 0 saturated carbocycles. The monoisotopic (exact) mass is 884 g/mol. The van der Waals surface area contributed by atoms with Gasteiger partial charge in [-0.05, 0) is 93.5 Å². The summed E-state index contributed by atoms with van der Waals surface area (Å²) in [5.74, 6) is -0.705. The normalized spacial score (nSPS) is 19.3. The molecule has 0 aliphatic carbocycles. The Morgan fingerprint density at radius 3 is 2.42 bits per heavy atom. The Labute approximate surface area is 375 Å². The molecule has 3 saturated heterocycles. The summed E-state index contributed by atoms with van der Waals surface area (Å²) in [5.41, 5.74) is 3.58. The van der Waals surface area contributed by atoms with Crippen LogP contribution in [0.25, 0.3) is 11.0 Å². The number of carbonyl (C=O) groups is 6. The van der Waals surface area contributed by atoms with Crippen LogP contribution >= 0.6 is 11.6 Å². The van der Waals surface area contributed by atoms with Gasteiger partial charge in [-0.15, -0.1) is 0 Å². The Hall–Kier alpha value is -6.45. The van der Waals surface area contributed by atoms with E-state index in [9.17, 15) is 28.8 Å². The van der Waals surface area contributed by atoms with Crippen molar-refractivity contribution in [3.63, 3.8) is 0 Å². The fourth-order valence-corrected chi connectivity index (χ4v) is 9.69. The number of piperidine rings is 2. The van der Waals surface area contributed by atoms with Crippen LogP contribution < -0.4 is 15.0 Å². The number of amides is 5. The maximum Gasteiger partial charge on any atom is 0.262 e. The lowest BCUT2D eigenvalue weighted by Crippen LogP contribution is -2.54. The van der Waals surface area contributed by atoms with Gasteiger partial charge in [0.25, 0.3) is 11.8 Å². The average molecular weight is 885 g/mol. The summed E-state index contributed by atoms with van der Waals surface area (Å²) >= 11 is 6.64. The number of benzene rings is 3. The van der Waals surface area contributed by atoms with Crippen LogP contribution in [0.5, 0.6) is 11.5 Å². The highest BCUT2D eigenvalue weighted by atomic mass is 35.5. The summed E-state index contributed by atoms with van der Waals surface area (Å²) in [6.07, 6.45) is 9.12. The van der Waals surface area contributed by atoms with Crippen LogP contribution in [0, 0.1) is 5.92 Å². The van der Waals surface area contributed by atoms with Crippen LogP contribution in [0.4, 0.5) is 5.69 Å². The molecule has 330 valence electrons. The predicted octanol–water partition coefficient (Wildman–Crippen LogP) is 6.20. The number of para-hydroxylation sites is 1. The molecule has 3 fully saturated rings. The number of likely N-dealkylation sites (tertiary alicyclic amines) is 1. The number of fused-ring (bicyclic) bond motifs is 2. The number of imide groups is 2. The minimum absolute atomic E-state index is 0.0808. The van der Waals surface area contributed by atoms with E-state index in [1.807, 2.05) is 41.3 Å². The van der Waals surface area contributed by atoms with Crippen molar-refractivity contribution in [1.82, 2.24) is 35.0 Å². The van der Waals surface area contributed by atoms with Crippen molar-refractivity contribution in [3.05, 3.63) is 112 Å². The number of piperazine rings is 1. The Balaban J connectivity index is 0.723. The number of carbonyl (C=O) groups excluding carboxylic acids is 6. The smallest absolute Gasteiger partial charge is 0.262 e. The fourth-order valence-electron chi connectivity index (χ4n) is 9.44. The molecule has 5 aromatic rings. The number of hydrogen-bond donors (Lipinski definition) is 2. The van der Waals surface area contributed by atoms with E-state index in [0.29, 0.717) is 53.0 Å². The summed E-state index contributed by atoms with van der Waals surface area (Å²) in [6.45, 7) is 5.55. The molecule has 1 unspecified atom stereocenters. The number of anilines is 1. The van der Waals surface area contributed by atoms with Crippen LogP contribution in [0.3, 0.4) is 0 Å². The summed E-state index contributed by atoms with van der Waals surface area (Å²) in [4.78, 5) is 97.7. The number of H-pyrrole nitrogens is 1. The molecule has 2 N–H and O–H groups in total. The maximum atomic E-state index is 13.9. The molecule has 0 radical (unpaired) electrons. The Morgan fingerprint density at radius 1 is 0.812 bits per heavy atom. The highest BCUT2D eigenvalue weighted by Gasteiger charge is 2.45. The van der Waals surface area contributed by atoms with Gasteiger partial charge in [0, 0.05) is 75.6 Å². The predicted molar refractivity (Wildman–Crippen MR) is 239 cm³/mol. The molecule has 6 heterocycles. The van der Waals surface area contributed by atoms with Gasteiger partial charge < -0.3 is 19.5 Å². The van der Waals surface area contributed by atoms with Crippen molar-refractivity contribution in [2.45, 2.75) is 63.8 Å². The zero-order valence-corrected chi connectivity index (χ0v) is 36.1. The number of ketones is 1. The first kappa shape index (κ1) is 42.8. The van der Waals surface area contributed by atoms with E-state index in [2.05, 4.69) is 30.1 Å². The van der Waals surface area contributed by atoms with E-state index >= 15 is 0 Å². The summed E-state index contributed by atoms with van der Waals surface area (Å²) in [6, 6.07) is 18.7. The first-order valence-corrected chi connectivity index (χ1v) is 22.5. The Morgan fingerprint density at radius 2 is 1.62 bits per heavy atom. The number of unbranched alkanes of at least 4 members (excludes halogenated alkanes) is 2. The van der Waals surface area contributed by atoms with Crippen molar-refractivity contribution in [2.75, 3.05) is 50.7 Å². The third-order valence-corrected chi connectivity index (χ3v) is 13.1. The van der Waals surface area contributed by atoms with Gasteiger partial charge in [-0.1, -0.05) is 36.2 Å². The van der Waals surface area contributed by atoms with Crippen LogP contribution in [-0.2, 0) is 20.8 Å². The Kier molecular flexibility index (Phi) is 12.5. The second kappa shape index (κ2) is 18.7. The SMILES string of the molecule is O=C1CCC(N2C(=O)c3ccc(N4CCN(CCCCCC(=O)N5CCC[C@@H](Cc6ncnc7[nH]cc(C(=O)c8ccc(Oc9ccccc9)cc8Cl)c67)C5)CC4)cc3C2=O)C(=O)N1. The summed E-state index contributed by atoms with van der Waals surface area (Å²) in [5, 5.41) is 3.19. The maximum absolute atomic E-state index is 13.9. The number of nitrogens with zero attached hydrogens (tertiary/aromatic N) is 6. The molecule has 0 spiro atoms. The van der Waals surface area contributed by atoms with Gasteiger partial charge in [0.05, 0.1) is 32.8 Å². The van der Waals surface area contributed by atoms with Crippen LogP contribution in [0.1, 0.15) is 93.7 Å². The van der Waals surface area contributed by atoms with E-state index in [1.54, 1.807) is 36.5 Å². The minimum atomic E-state index is -0.987. The largest absolute Gasteiger partial charge is 0.457 e. The van der Waals surface area contributed by atoms with E-state index < -0.39 is 29.7 Å². The number of ether oxygens (including phenoxy) is 1. The molecule has 2 atom stereocenters. The lowest BCUT2D eigenvalue weighted by Gasteiger charge is -2.36. The summed E-state index contributed by atoms with van der Waals surface area (Å²) in [7, 11) is 0. The number of hydrogen-bond acceptors (Lipinski definition) is 11. The van der Waals surface area contributed by atoms with Crippen molar-refractivity contribution in [1.29, 1.82) is 0 Å². The third-order valence-electron chi connectivity index (χ3n) is 12.8. The van der Waals surface area contributed by atoms with Gasteiger partial charge in [-0.2, -0.15) is 0 Å². The van der Waals surface area contributed by atoms with Gasteiger partial charge in [0.1, 0.15) is 29.5 Å². The van der Waals surface area contributed by atoms with E-state index in [0.717, 1.165) is 87.7 Å². The quantitative estimate of drug-likeness (QED) is 0.0738. The first-order chi connectivity index (χ1) is 31.1. The Bertz CT molecular complexity index is 2630. The summed E-state index contributed by atoms with van der Waals surface area (Å²) < 4.78 is 5.91. The van der Waals surface area contributed by atoms with Gasteiger partial charge in [-0.3, -0.25) is 43.9 Å². The van der Waals surface area contributed by atoms with Crippen molar-refractivity contribution >= 4 is 63.6 Å². The molecular formula is C48H49ClN8O7. The molecular weight excluding hydrogens is 836 g/mol. The van der Waals surface area contributed by atoms with Gasteiger partial charge in [0.15, 0.2) is 5.78 Å². The molecule has 0 bridgehead atoms. The molecule has 4 aliphatic heterocycles. The average Bonchev–Trinajstić information content (AvgIpc) is 3.85. The number of rotatable bonds is 14. The topological polar surface area (TPSA) is 178 Å². The highest BCUT2D eigenvalue weighted by molar-refractivity contribution is 6.35. The van der Waals surface area contributed by atoms with Crippen LogP contribution in [0.2, 0.25) is 5.02 Å². The lowest BCUT2D eigenvalue weighted by atomic mass is 9.91. The van der Waals surface area contributed by atoms with Gasteiger partial charge >= 0.3 is 0 Å². The first-order valence-electron chi connectivity index (χ1n) is 22.1. The zero-order chi connectivity index (χ0) is 44.3. The standard InChI is InChI=1S/C48H49ClN8O7/c49-38-26-33(64-32-9-3-1-4-10-32)13-15-35(38)44(60)37-27-50-45-43(37)39(51-29-52-45)24-30-8-7-19-56(28-30)42(59)11-5-2-6-18-54-20-22-55(23-21-54)31-12-14-34-36(25-31)48(63)57(47(34)62)40-16-17-41(58)53-46(40)61/h1,3-4,9-10,12-15,25-27,29-30,40H,2,5-8,11,16-24,28H2,(H,50,51,52)(H,53,58,61)/t30-,40?/m0/s1. The number of nitrogens with one attached hydrogen (secondary N) is 2. The number of aromatic nitrogens is 3. The lowest BCUT2D eigenvalue weighted by molar-refractivity contribution is -0.136. The van der Waals surface area contributed by atoms with Crippen molar-refractivity contribution in [2.24, 2.45) is 5.92 Å². The van der Waals surface area contributed by atoms with Crippen LogP contribution in [-0.4, -0.2) is 117 Å². The number of aromatic amines is 1. The van der Waals surface area contributed by atoms with Crippen molar-refractivity contribution in [3.8, 4) is 11.5 Å². The zero-order valence-electron chi connectivity index (χ0n) is 35.4.